The zero-order chi connectivity index (χ0) is 28.5. The lowest BCUT2D eigenvalue weighted by atomic mass is 9.93. The molecule has 210 valence electrons. The van der Waals surface area contributed by atoms with Gasteiger partial charge < -0.3 is 26.0 Å². The van der Waals surface area contributed by atoms with Crippen LogP contribution in [-0.4, -0.2) is 35.2 Å². The second kappa shape index (κ2) is 13.5. The third-order valence-corrected chi connectivity index (χ3v) is 6.90. The first-order chi connectivity index (χ1) is 19.2. The van der Waals surface area contributed by atoms with Crippen LogP contribution in [0, 0.1) is 0 Å². The van der Waals surface area contributed by atoms with Crippen molar-refractivity contribution < 1.29 is 14.3 Å². The number of ether oxygens (including phenoxy) is 1. The van der Waals surface area contributed by atoms with Crippen molar-refractivity contribution in [1.29, 1.82) is 0 Å². The maximum atomic E-state index is 13.3. The Morgan fingerprint density at radius 3 is 1.77 bits per heavy atom. The number of carbonyl (C=O) groups excluding carboxylic acids is 2. The number of hydrogen-bond donors (Lipinski definition) is 4. The summed E-state index contributed by atoms with van der Waals surface area (Å²) in [5.74, 6) is -0.483. The lowest BCUT2D eigenvalue weighted by molar-refractivity contribution is -0.157. The predicted octanol–water partition coefficient (Wildman–Crippen LogP) is 4.88. The maximum Gasteiger partial charge on any atom is 0.333 e. The average Bonchev–Trinajstić information content (AvgIpc) is 3.49. The van der Waals surface area contributed by atoms with E-state index in [4.69, 9.17) is 17.0 Å². The molecule has 1 aliphatic rings. The van der Waals surface area contributed by atoms with E-state index in [1.807, 2.05) is 112 Å². The Balaban J connectivity index is 1.64. The first-order valence-electron chi connectivity index (χ1n) is 13.7. The highest BCUT2D eigenvalue weighted by Crippen LogP contribution is 2.30. The van der Waals surface area contributed by atoms with Crippen LogP contribution < -0.4 is 21.3 Å². The SMILES string of the molecule is CC(C)(C)OC(=O)[C@@H](NC(=S)N[C@@H](c1ccccc1)[C@@H](NC(=O)[C@@H]1CCCN1)c1ccccc1)c1ccccc1. The molecule has 0 spiro atoms. The summed E-state index contributed by atoms with van der Waals surface area (Å²) < 4.78 is 5.72. The van der Waals surface area contributed by atoms with Crippen LogP contribution in [0.1, 0.15) is 68.4 Å². The van der Waals surface area contributed by atoms with E-state index in [1.165, 1.54) is 0 Å². The van der Waals surface area contributed by atoms with Crippen molar-refractivity contribution >= 4 is 29.2 Å². The molecule has 0 unspecified atom stereocenters. The van der Waals surface area contributed by atoms with Gasteiger partial charge in [0.1, 0.15) is 5.60 Å². The van der Waals surface area contributed by atoms with Gasteiger partial charge in [0.2, 0.25) is 5.91 Å². The maximum absolute atomic E-state index is 13.3. The first-order valence-corrected chi connectivity index (χ1v) is 14.1. The van der Waals surface area contributed by atoms with E-state index in [-0.39, 0.29) is 17.1 Å². The van der Waals surface area contributed by atoms with E-state index in [2.05, 4.69) is 21.3 Å². The molecular weight excluding hydrogens is 520 g/mol. The molecule has 1 saturated heterocycles. The largest absolute Gasteiger partial charge is 0.458 e. The molecule has 0 radical (unpaired) electrons. The number of thiocarbonyl (C=S) groups is 1. The van der Waals surface area contributed by atoms with Crippen LogP contribution in [0.2, 0.25) is 0 Å². The molecule has 7 nitrogen and oxygen atoms in total. The smallest absolute Gasteiger partial charge is 0.333 e. The van der Waals surface area contributed by atoms with Crippen LogP contribution >= 0.6 is 12.2 Å². The van der Waals surface area contributed by atoms with E-state index < -0.39 is 29.7 Å². The molecule has 3 aromatic rings. The second-order valence-corrected chi connectivity index (χ2v) is 11.3. The van der Waals surface area contributed by atoms with Crippen molar-refractivity contribution in [1.82, 2.24) is 21.3 Å². The zero-order valence-electron chi connectivity index (χ0n) is 23.2. The van der Waals surface area contributed by atoms with Gasteiger partial charge in [0, 0.05) is 0 Å². The van der Waals surface area contributed by atoms with Crippen LogP contribution in [0.3, 0.4) is 0 Å². The molecule has 0 bridgehead atoms. The van der Waals surface area contributed by atoms with Crippen molar-refractivity contribution in [2.45, 2.75) is 63.4 Å². The quantitative estimate of drug-likeness (QED) is 0.220. The molecule has 1 amide bonds. The minimum Gasteiger partial charge on any atom is -0.458 e. The molecule has 4 atom stereocenters. The van der Waals surface area contributed by atoms with Crippen molar-refractivity contribution in [2.75, 3.05) is 6.54 Å². The summed E-state index contributed by atoms with van der Waals surface area (Å²) in [4.78, 5) is 26.6. The summed E-state index contributed by atoms with van der Waals surface area (Å²) in [6.45, 7) is 6.33. The fourth-order valence-corrected chi connectivity index (χ4v) is 5.04. The van der Waals surface area contributed by atoms with Gasteiger partial charge >= 0.3 is 5.97 Å². The molecule has 1 heterocycles. The van der Waals surface area contributed by atoms with Gasteiger partial charge in [-0.15, -0.1) is 0 Å². The van der Waals surface area contributed by atoms with E-state index in [0.29, 0.717) is 0 Å². The third-order valence-electron chi connectivity index (χ3n) is 6.66. The number of nitrogens with one attached hydrogen (secondary N) is 4. The fourth-order valence-electron chi connectivity index (χ4n) is 4.80. The van der Waals surface area contributed by atoms with Crippen molar-refractivity contribution in [3.63, 3.8) is 0 Å². The summed E-state index contributed by atoms with van der Waals surface area (Å²) in [5, 5.41) is 13.4. The van der Waals surface area contributed by atoms with Gasteiger partial charge in [0.15, 0.2) is 11.2 Å². The molecule has 4 rings (SSSR count). The predicted molar refractivity (Wildman–Crippen MR) is 161 cm³/mol. The number of rotatable bonds is 9. The number of amides is 1. The number of benzene rings is 3. The van der Waals surface area contributed by atoms with Gasteiger partial charge in [0.05, 0.1) is 18.1 Å². The standard InChI is InChI=1S/C32H38N4O3S/c1-32(2,3)39-30(38)28(24-18-11-6-12-19-24)36-31(40)35-27(23-16-9-5-10-17-23)26(22-14-7-4-8-15-22)34-29(37)25-20-13-21-33-25/h4-12,14-19,25-28,33H,13,20-21H2,1-3H3,(H,34,37)(H2,35,36,40)/t25-,26-,27-,28-/m0/s1. The lowest BCUT2D eigenvalue weighted by Gasteiger charge is -2.32. The van der Waals surface area contributed by atoms with Crippen LogP contribution in [0.4, 0.5) is 0 Å². The van der Waals surface area contributed by atoms with Gasteiger partial charge in [-0.05, 0) is 69.1 Å². The topological polar surface area (TPSA) is 91.5 Å². The normalized spacial score (nSPS) is 17.2. The molecule has 8 heteroatoms. The molecule has 3 aromatic carbocycles. The van der Waals surface area contributed by atoms with Crippen LogP contribution in [0.25, 0.3) is 0 Å². The molecular formula is C32H38N4O3S. The van der Waals surface area contributed by atoms with E-state index in [0.717, 1.165) is 36.1 Å². The van der Waals surface area contributed by atoms with Crippen LogP contribution in [0.5, 0.6) is 0 Å². The van der Waals surface area contributed by atoms with Crippen molar-refractivity contribution in [2.24, 2.45) is 0 Å². The Bertz CT molecular complexity index is 1260. The molecule has 1 fully saturated rings. The highest BCUT2D eigenvalue weighted by molar-refractivity contribution is 7.80. The summed E-state index contributed by atoms with van der Waals surface area (Å²) in [6.07, 6.45) is 1.76. The Kier molecular flexibility index (Phi) is 9.90. The minimum atomic E-state index is -0.815. The fraction of sp³-hybridized carbons (Fsp3) is 0.344. The Morgan fingerprint density at radius 1 is 0.800 bits per heavy atom. The monoisotopic (exact) mass is 558 g/mol. The number of carbonyl (C=O) groups is 2. The zero-order valence-corrected chi connectivity index (χ0v) is 24.0. The summed E-state index contributed by atoms with van der Waals surface area (Å²) in [5.41, 5.74) is 1.94. The second-order valence-electron chi connectivity index (χ2n) is 10.9. The van der Waals surface area contributed by atoms with Gasteiger partial charge in [-0.2, -0.15) is 0 Å². The highest BCUT2D eigenvalue weighted by Gasteiger charge is 2.32. The number of hydrogen-bond acceptors (Lipinski definition) is 5. The Hall–Kier alpha value is -3.75. The molecule has 0 saturated carbocycles. The molecule has 0 aliphatic carbocycles. The molecule has 40 heavy (non-hydrogen) atoms. The van der Waals surface area contributed by atoms with Gasteiger partial charge in [-0.25, -0.2) is 4.79 Å². The van der Waals surface area contributed by atoms with Crippen LogP contribution in [0.15, 0.2) is 91.0 Å². The van der Waals surface area contributed by atoms with E-state index in [1.54, 1.807) is 0 Å². The van der Waals surface area contributed by atoms with Gasteiger partial charge in [-0.3, -0.25) is 4.79 Å². The summed E-state index contributed by atoms with van der Waals surface area (Å²) in [7, 11) is 0. The van der Waals surface area contributed by atoms with Gasteiger partial charge in [0.25, 0.3) is 0 Å². The highest BCUT2D eigenvalue weighted by atomic mass is 32.1. The first kappa shape index (κ1) is 29.2. The van der Waals surface area contributed by atoms with Crippen LogP contribution in [-0.2, 0) is 14.3 Å². The third kappa shape index (κ3) is 8.13. The molecule has 1 aliphatic heterocycles. The summed E-state index contributed by atoms with van der Waals surface area (Å²) in [6, 6.07) is 27.1. The average molecular weight is 559 g/mol. The summed E-state index contributed by atoms with van der Waals surface area (Å²) >= 11 is 5.80. The van der Waals surface area contributed by atoms with Gasteiger partial charge in [-0.1, -0.05) is 91.0 Å². The minimum absolute atomic E-state index is 0.0520. The van der Waals surface area contributed by atoms with Crippen molar-refractivity contribution in [3.8, 4) is 0 Å². The van der Waals surface area contributed by atoms with E-state index >= 15 is 0 Å². The van der Waals surface area contributed by atoms with Crippen molar-refractivity contribution in [3.05, 3.63) is 108 Å². The Labute approximate surface area is 242 Å². The lowest BCUT2D eigenvalue weighted by Crippen LogP contribution is -2.49. The molecule has 4 N–H and O–H groups in total. The van der Waals surface area contributed by atoms with E-state index in [9.17, 15) is 9.59 Å². The number of esters is 1. The Morgan fingerprint density at radius 2 is 1.30 bits per heavy atom. The molecule has 0 aromatic heterocycles.